The first-order valence-corrected chi connectivity index (χ1v) is 8.88. The van der Waals surface area contributed by atoms with E-state index in [0.717, 1.165) is 31.2 Å². The Morgan fingerprint density at radius 2 is 1.68 bits per heavy atom. The van der Waals surface area contributed by atoms with Crippen LogP contribution in [0, 0.1) is 0 Å². The van der Waals surface area contributed by atoms with Gasteiger partial charge in [0.1, 0.15) is 0 Å². The van der Waals surface area contributed by atoms with Crippen molar-refractivity contribution in [3.63, 3.8) is 0 Å². The topological polar surface area (TPSA) is 26.7 Å². The molecule has 22 heavy (non-hydrogen) atoms. The molecule has 0 spiro atoms. The van der Waals surface area contributed by atoms with Gasteiger partial charge in [0.25, 0.3) is 0 Å². The zero-order chi connectivity index (χ0) is 15.5. The Kier molecular flexibility index (Phi) is 5.17. The number of β-amino-alcohol motifs (C(OH)–C–C–N with tert-alkyl or cyclic N) is 1. The van der Waals surface area contributed by atoms with Gasteiger partial charge < -0.3 is 5.11 Å². The Labute approximate surface area is 134 Å². The molecule has 0 unspecified atom stereocenters. The molecule has 1 saturated heterocycles. The highest BCUT2D eigenvalue weighted by atomic mass is 16.3. The van der Waals surface area contributed by atoms with Crippen molar-refractivity contribution >= 4 is 0 Å². The van der Waals surface area contributed by atoms with E-state index in [-0.39, 0.29) is 6.10 Å². The maximum Gasteiger partial charge on any atom is 0.0916 e. The first kappa shape index (κ1) is 16.0. The minimum absolute atomic E-state index is 0.367. The van der Waals surface area contributed by atoms with Crippen LogP contribution < -0.4 is 0 Å². The second-order valence-electron chi connectivity index (χ2n) is 7.26. The van der Waals surface area contributed by atoms with E-state index in [9.17, 15) is 5.11 Å². The van der Waals surface area contributed by atoms with Crippen molar-refractivity contribution in [1.82, 2.24) is 9.80 Å². The molecule has 1 N–H and O–H groups in total. The largest absolute Gasteiger partial charge is 0.387 e. The third-order valence-electron chi connectivity index (χ3n) is 5.11. The first-order valence-electron chi connectivity index (χ1n) is 8.88. The molecule has 1 heterocycles. The van der Waals surface area contributed by atoms with Crippen LogP contribution in [-0.4, -0.2) is 53.7 Å². The van der Waals surface area contributed by atoms with E-state index >= 15 is 0 Å². The minimum atomic E-state index is -0.367. The number of benzene rings is 1. The van der Waals surface area contributed by atoms with Gasteiger partial charge in [-0.15, -0.1) is 0 Å². The lowest BCUT2D eigenvalue weighted by molar-refractivity contribution is 0.114. The van der Waals surface area contributed by atoms with Crippen molar-refractivity contribution < 1.29 is 5.11 Å². The van der Waals surface area contributed by atoms with Crippen LogP contribution in [0.5, 0.6) is 0 Å². The third-order valence-corrected chi connectivity index (χ3v) is 5.11. The van der Waals surface area contributed by atoms with Crippen molar-refractivity contribution in [2.24, 2.45) is 0 Å². The van der Waals surface area contributed by atoms with E-state index in [0.29, 0.717) is 5.92 Å². The standard InChI is InChI=1S/C19H30N2O/c1-15(2)16-4-6-17(7-5-16)19(22)14-20-10-3-11-21(13-12-20)18-8-9-18/h4-7,15,18-19,22H,3,8-14H2,1-2H3/t19-/m0/s1. The van der Waals surface area contributed by atoms with Crippen LogP contribution in [0.1, 0.15) is 56.3 Å². The number of nitrogens with zero attached hydrogens (tertiary/aromatic N) is 2. The second kappa shape index (κ2) is 7.12. The molecule has 1 aromatic rings. The fourth-order valence-electron chi connectivity index (χ4n) is 3.43. The van der Waals surface area contributed by atoms with Crippen LogP contribution >= 0.6 is 0 Å². The third kappa shape index (κ3) is 4.09. The maximum absolute atomic E-state index is 10.5. The zero-order valence-corrected chi connectivity index (χ0v) is 14.0. The normalized spacial score (nSPS) is 22.7. The summed E-state index contributed by atoms with van der Waals surface area (Å²) in [5.74, 6) is 0.546. The van der Waals surface area contributed by atoms with E-state index in [4.69, 9.17) is 0 Å². The summed E-state index contributed by atoms with van der Waals surface area (Å²) in [5, 5.41) is 10.5. The highest BCUT2D eigenvalue weighted by Crippen LogP contribution is 2.27. The molecule has 1 aliphatic carbocycles. The molecule has 3 nitrogen and oxygen atoms in total. The number of hydrogen-bond donors (Lipinski definition) is 1. The first-order chi connectivity index (χ1) is 10.6. The smallest absolute Gasteiger partial charge is 0.0916 e. The molecule has 0 amide bonds. The van der Waals surface area contributed by atoms with Gasteiger partial charge >= 0.3 is 0 Å². The zero-order valence-electron chi connectivity index (χ0n) is 14.0. The van der Waals surface area contributed by atoms with Gasteiger partial charge in [-0.2, -0.15) is 0 Å². The Hall–Kier alpha value is -0.900. The predicted octanol–water partition coefficient (Wildman–Crippen LogP) is 3.01. The van der Waals surface area contributed by atoms with Crippen LogP contribution in [0.2, 0.25) is 0 Å². The predicted molar refractivity (Wildman–Crippen MR) is 91.1 cm³/mol. The lowest BCUT2D eigenvalue weighted by atomic mass is 10.00. The Morgan fingerprint density at radius 3 is 2.32 bits per heavy atom. The van der Waals surface area contributed by atoms with E-state index in [1.54, 1.807) is 0 Å². The van der Waals surface area contributed by atoms with Crippen molar-refractivity contribution in [3.05, 3.63) is 35.4 Å². The summed E-state index contributed by atoms with van der Waals surface area (Å²) in [6.45, 7) is 9.79. The summed E-state index contributed by atoms with van der Waals surface area (Å²) in [7, 11) is 0. The van der Waals surface area contributed by atoms with Crippen molar-refractivity contribution in [3.8, 4) is 0 Å². The molecule has 0 radical (unpaired) electrons. The van der Waals surface area contributed by atoms with Crippen LogP contribution in [0.25, 0.3) is 0 Å². The van der Waals surface area contributed by atoms with Gasteiger partial charge in [0, 0.05) is 25.7 Å². The number of aliphatic hydroxyl groups is 1. The van der Waals surface area contributed by atoms with Gasteiger partial charge in [-0.05, 0) is 49.4 Å². The lowest BCUT2D eigenvalue weighted by Gasteiger charge is -2.24. The van der Waals surface area contributed by atoms with Crippen molar-refractivity contribution in [2.75, 3.05) is 32.7 Å². The fraction of sp³-hybridized carbons (Fsp3) is 0.684. The van der Waals surface area contributed by atoms with Gasteiger partial charge in [-0.3, -0.25) is 9.80 Å². The number of rotatable bonds is 5. The molecule has 3 rings (SSSR count). The van der Waals surface area contributed by atoms with Crippen molar-refractivity contribution in [2.45, 2.75) is 51.2 Å². The summed E-state index contributed by atoms with van der Waals surface area (Å²) < 4.78 is 0. The molecule has 1 atom stereocenters. The summed E-state index contributed by atoms with van der Waals surface area (Å²) in [4.78, 5) is 5.08. The highest BCUT2D eigenvalue weighted by molar-refractivity contribution is 5.26. The van der Waals surface area contributed by atoms with Gasteiger partial charge in [0.05, 0.1) is 6.10 Å². The van der Waals surface area contributed by atoms with E-state index in [1.165, 1.54) is 37.9 Å². The molecular formula is C19H30N2O. The Balaban J connectivity index is 1.53. The summed E-state index contributed by atoms with van der Waals surface area (Å²) in [5.41, 5.74) is 2.39. The molecule has 2 fully saturated rings. The number of aliphatic hydroxyl groups excluding tert-OH is 1. The quantitative estimate of drug-likeness (QED) is 0.906. The molecule has 2 aliphatic rings. The molecule has 122 valence electrons. The Morgan fingerprint density at radius 1 is 1.00 bits per heavy atom. The van der Waals surface area contributed by atoms with Crippen LogP contribution in [0.4, 0.5) is 0 Å². The average Bonchev–Trinajstić information content (AvgIpc) is 3.34. The van der Waals surface area contributed by atoms with E-state index < -0.39 is 0 Å². The van der Waals surface area contributed by atoms with Gasteiger partial charge in [0.2, 0.25) is 0 Å². The van der Waals surface area contributed by atoms with E-state index in [2.05, 4.69) is 47.9 Å². The van der Waals surface area contributed by atoms with Gasteiger partial charge in [-0.25, -0.2) is 0 Å². The maximum atomic E-state index is 10.5. The SMILES string of the molecule is CC(C)c1ccc([C@@H](O)CN2CCCN(C3CC3)CC2)cc1. The van der Waals surface area contributed by atoms with E-state index in [1.807, 2.05) is 0 Å². The summed E-state index contributed by atoms with van der Waals surface area (Å²) >= 11 is 0. The van der Waals surface area contributed by atoms with Crippen LogP contribution in [0.3, 0.4) is 0 Å². The summed E-state index contributed by atoms with van der Waals surface area (Å²) in [6, 6.07) is 9.36. The molecular weight excluding hydrogens is 272 g/mol. The average molecular weight is 302 g/mol. The number of hydrogen-bond acceptors (Lipinski definition) is 3. The highest BCUT2D eigenvalue weighted by Gasteiger charge is 2.30. The fourth-order valence-corrected chi connectivity index (χ4v) is 3.43. The molecule has 3 heteroatoms. The van der Waals surface area contributed by atoms with Crippen molar-refractivity contribution in [1.29, 1.82) is 0 Å². The molecule has 1 aliphatic heterocycles. The van der Waals surface area contributed by atoms with Crippen LogP contribution in [-0.2, 0) is 0 Å². The molecule has 0 bridgehead atoms. The lowest BCUT2D eigenvalue weighted by Crippen LogP contribution is -2.34. The van der Waals surface area contributed by atoms with Gasteiger partial charge in [-0.1, -0.05) is 38.1 Å². The minimum Gasteiger partial charge on any atom is -0.387 e. The monoisotopic (exact) mass is 302 g/mol. The molecule has 0 aromatic heterocycles. The van der Waals surface area contributed by atoms with Gasteiger partial charge in [0.15, 0.2) is 0 Å². The Bertz CT molecular complexity index is 467. The molecule has 1 saturated carbocycles. The summed E-state index contributed by atoms with van der Waals surface area (Å²) in [6.07, 6.45) is 3.65. The van der Waals surface area contributed by atoms with Crippen LogP contribution in [0.15, 0.2) is 24.3 Å². The second-order valence-corrected chi connectivity index (χ2v) is 7.26. The molecule has 1 aromatic carbocycles.